The average molecular weight is 439 g/mol. The third-order valence-electron chi connectivity index (χ3n) is 3.85. The van der Waals surface area contributed by atoms with Crippen LogP contribution in [0, 0.1) is 0 Å². The van der Waals surface area contributed by atoms with E-state index in [1.54, 1.807) is 0 Å². The normalized spacial score (nSPS) is 18.1. The highest BCUT2D eigenvalue weighted by Gasteiger charge is 2.37. The molecular formula is C15H11F6N5O2S. The number of hydrogen-bond acceptors (Lipinski definition) is 5. The first-order valence-corrected chi connectivity index (χ1v) is 8.73. The van der Waals surface area contributed by atoms with Gasteiger partial charge < -0.3 is 16.0 Å². The lowest BCUT2D eigenvalue weighted by atomic mass is 10.1. The molecule has 3 rings (SSSR count). The van der Waals surface area contributed by atoms with E-state index in [0.29, 0.717) is 6.07 Å². The van der Waals surface area contributed by atoms with Crippen molar-refractivity contribution in [3.05, 3.63) is 45.7 Å². The van der Waals surface area contributed by atoms with Crippen molar-refractivity contribution in [2.45, 2.75) is 24.4 Å². The Morgan fingerprint density at radius 1 is 1.21 bits per heavy atom. The van der Waals surface area contributed by atoms with Crippen LogP contribution in [0.25, 0.3) is 0 Å². The fourth-order valence-electron chi connectivity index (χ4n) is 2.48. The van der Waals surface area contributed by atoms with Gasteiger partial charge in [0.2, 0.25) is 5.91 Å². The SMILES string of the molecule is O=C1NCC(C(=O)N[C@H](c2ccc(C(F)(F)F)nc2)c2csc(C(F)(F)F)n2)N1. The number of rotatable bonds is 4. The van der Waals surface area contributed by atoms with Crippen LogP contribution in [0.2, 0.25) is 0 Å². The standard InChI is InChI=1S/C15H11F6N5O2S/c16-14(17,18)9-2-1-6(3-22-9)10(8-5-29-12(24-8)15(19,20)21)26-11(27)7-4-23-13(28)25-7/h1-3,5,7,10H,4H2,(H,26,27)(H2,23,25,28)/t7?,10-/m1/s1. The zero-order valence-corrected chi connectivity index (χ0v) is 14.9. The van der Waals surface area contributed by atoms with Gasteiger partial charge in [-0.05, 0) is 11.6 Å². The Bertz CT molecular complexity index is 911. The van der Waals surface area contributed by atoms with Gasteiger partial charge in [0.25, 0.3) is 0 Å². The Balaban J connectivity index is 1.92. The van der Waals surface area contributed by atoms with Gasteiger partial charge in [0, 0.05) is 18.1 Å². The van der Waals surface area contributed by atoms with Gasteiger partial charge in [-0.15, -0.1) is 11.3 Å². The van der Waals surface area contributed by atoms with Crippen LogP contribution in [0.1, 0.15) is 28.0 Å². The smallest absolute Gasteiger partial charge is 0.342 e. The number of urea groups is 1. The monoisotopic (exact) mass is 439 g/mol. The molecule has 14 heteroatoms. The van der Waals surface area contributed by atoms with Crippen molar-refractivity contribution in [1.29, 1.82) is 0 Å². The third-order valence-corrected chi connectivity index (χ3v) is 4.75. The lowest BCUT2D eigenvalue weighted by molar-refractivity contribution is -0.141. The van der Waals surface area contributed by atoms with Gasteiger partial charge in [0.1, 0.15) is 11.7 Å². The van der Waals surface area contributed by atoms with E-state index in [1.165, 1.54) is 0 Å². The zero-order chi connectivity index (χ0) is 21.4. The summed E-state index contributed by atoms with van der Waals surface area (Å²) in [6.45, 7) is -0.0620. The van der Waals surface area contributed by atoms with Crippen LogP contribution in [0.5, 0.6) is 0 Å². The first-order valence-electron chi connectivity index (χ1n) is 7.85. The minimum Gasteiger partial charge on any atom is -0.342 e. The van der Waals surface area contributed by atoms with Crippen LogP contribution in [-0.2, 0) is 17.1 Å². The van der Waals surface area contributed by atoms with E-state index in [0.717, 1.165) is 17.6 Å². The molecule has 3 N–H and O–H groups in total. The molecule has 1 saturated heterocycles. The predicted octanol–water partition coefficient (Wildman–Crippen LogP) is 2.46. The highest BCUT2D eigenvalue weighted by molar-refractivity contribution is 7.09. The molecule has 0 bridgehead atoms. The molecule has 1 fully saturated rings. The molecule has 29 heavy (non-hydrogen) atoms. The van der Waals surface area contributed by atoms with Crippen LogP contribution in [0.3, 0.4) is 0 Å². The van der Waals surface area contributed by atoms with Gasteiger partial charge in [-0.3, -0.25) is 9.78 Å². The van der Waals surface area contributed by atoms with Crippen LogP contribution in [0.15, 0.2) is 23.7 Å². The third kappa shape index (κ3) is 4.75. The average Bonchev–Trinajstić information content (AvgIpc) is 3.28. The Labute approximate surface area is 162 Å². The second-order valence-electron chi connectivity index (χ2n) is 5.90. The molecule has 2 aromatic rings. The van der Waals surface area contributed by atoms with Crippen LogP contribution in [0.4, 0.5) is 31.1 Å². The number of thiazole rings is 1. The molecule has 1 aliphatic heterocycles. The van der Waals surface area contributed by atoms with E-state index in [4.69, 9.17) is 0 Å². The molecule has 1 unspecified atom stereocenters. The van der Waals surface area contributed by atoms with Crippen LogP contribution >= 0.6 is 11.3 Å². The van der Waals surface area contributed by atoms with E-state index >= 15 is 0 Å². The summed E-state index contributed by atoms with van der Waals surface area (Å²) in [6.07, 6.45) is -8.63. The molecule has 156 valence electrons. The fourth-order valence-corrected chi connectivity index (χ4v) is 3.19. The van der Waals surface area contributed by atoms with E-state index in [2.05, 4.69) is 25.9 Å². The number of halogens is 6. The molecule has 0 spiro atoms. The van der Waals surface area contributed by atoms with E-state index in [-0.39, 0.29) is 29.1 Å². The number of pyridine rings is 1. The Hall–Kier alpha value is -2.90. The summed E-state index contributed by atoms with van der Waals surface area (Å²) in [5.74, 6) is -0.755. The van der Waals surface area contributed by atoms with Crippen molar-refractivity contribution >= 4 is 23.3 Å². The van der Waals surface area contributed by atoms with E-state index in [1.807, 2.05) is 0 Å². The molecule has 2 aromatic heterocycles. The number of hydrogen-bond donors (Lipinski definition) is 3. The summed E-state index contributed by atoms with van der Waals surface area (Å²) in [6, 6.07) is -1.29. The number of nitrogens with zero attached hydrogens (tertiary/aromatic N) is 2. The number of nitrogens with one attached hydrogen (secondary N) is 3. The highest BCUT2D eigenvalue weighted by Crippen LogP contribution is 2.34. The maximum atomic E-state index is 12.9. The molecule has 0 aromatic carbocycles. The maximum Gasteiger partial charge on any atom is 0.443 e. The second kappa shape index (κ2) is 7.50. The molecule has 2 atom stereocenters. The van der Waals surface area contributed by atoms with Crippen molar-refractivity contribution in [3.63, 3.8) is 0 Å². The summed E-state index contributed by atoms with van der Waals surface area (Å²) in [4.78, 5) is 30.3. The largest absolute Gasteiger partial charge is 0.443 e. The van der Waals surface area contributed by atoms with Crippen molar-refractivity contribution in [2.24, 2.45) is 0 Å². The summed E-state index contributed by atoms with van der Waals surface area (Å²) in [5, 5.41) is 6.89. The fraction of sp³-hybridized carbons (Fsp3) is 0.333. The number of aromatic nitrogens is 2. The first kappa shape index (κ1) is 20.8. The number of amides is 3. The molecule has 0 saturated carbocycles. The molecule has 0 aliphatic carbocycles. The molecular weight excluding hydrogens is 428 g/mol. The Morgan fingerprint density at radius 2 is 1.93 bits per heavy atom. The first-order chi connectivity index (χ1) is 13.4. The molecule has 0 radical (unpaired) electrons. The summed E-state index contributed by atoms with van der Waals surface area (Å²) >= 11 is 0.277. The van der Waals surface area contributed by atoms with Gasteiger partial charge in [-0.25, -0.2) is 9.78 Å². The molecule has 7 nitrogen and oxygen atoms in total. The second-order valence-corrected chi connectivity index (χ2v) is 6.76. The quantitative estimate of drug-likeness (QED) is 0.638. The number of carbonyl (C=O) groups is 2. The molecule has 3 amide bonds. The van der Waals surface area contributed by atoms with E-state index in [9.17, 15) is 35.9 Å². The maximum absolute atomic E-state index is 12.9. The van der Waals surface area contributed by atoms with Crippen LogP contribution < -0.4 is 16.0 Å². The molecule has 1 aliphatic rings. The van der Waals surface area contributed by atoms with Gasteiger partial charge in [-0.2, -0.15) is 26.3 Å². The predicted molar refractivity (Wildman–Crippen MR) is 86.7 cm³/mol. The highest BCUT2D eigenvalue weighted by atomic mass is 32.1. The number of carbonyl (C=O) groups excluding carboxylic acids is 2. The van der Waals surface area contributed by atoms with Gasteiger partial charge in [0.15, 0.2) is 5.01 Å². The van der Waals surface area contributed by atoms with Crippen molar-refractivity contribution in [1.82, 2.24) is 25.9 Å². The van der Waals surface area contributed by atoms with Crippen molar-refractivity contribution in [3.8, 4) is 0 Å². The summed E-state index contributed by atoms with van der Waals surface area (Å²) < 4.78 is 76.8. The Morgan fingerprint density at radius 3 is 2.41 bits per heavy atom. The van der Waals surface area contributed by atoms with Gasteiger partial charge in [0.05, 0.1) is 11.7 Å². The van der Waals surface area contributed by atoms with Gasteiger partial charge in [-0.1, -0.05) is 6.07 Å². The van der Waals surface area contributed by atoms with Crippen LogP contribution in [-0.4, -0.2) is 34.5 Å². The summed E-state index contributed by atoms with van der Waals surface area (Å²) in [5.41, 5.74) is -1.44. The Kier molecular flexibility index (Phi) is 5.38. The van der Waals surface area contributed by atoms with Crippen molar-refractivity contribution in [2.75, 3.05) is 6.54 Å². The topological polar surface area (TPSA) is 96.0 Å². The molecule has 3 heterocycles. The minimum absolute atomic E-state index is 0.0114. The van der Waals surface area contributed by atoms with Crippen molar-refractivity contribution < 1.29 is 35.9 Å². The summed E-state index contributed by atoms with van der Waals surface area (Å²) in [7, 11) is 0. The number of alkyl halides is 6. The lowest BCUT2D eigenvalue weighted by Crippen LogP contribution is -2.44. The minimum atomic E-state index is -4.72. The van der Waals surface area contributed by atoms with Gasteiger partial charge >= 0.3 is 18.4 Å². The zero-order valence-electron chi connectivity index (χ0n) is 14.1. The van der Waals surface area contributed by atoms with E-state index < -0.39 is 47.1 Å². The lowest BCUT2D eigenvalue weighted by Gasteiger charge is -2.20.